The van der Waals surface area contributed by atoms with Crippen molar-refractivity contribution in [3.63, 3.8) is 0 Å². The highest BCUT2D eigenvalue weighted by Gasteiger charge is 2.21. The molecular weight excluding hydrogens is 246 g/mol. The lowest BCUT2D eigenvalue weighted by Gasteiger charge is -2.23. The summed E-state index contributed by atoms with van der Waals surface area (Å²) in [6, 6.07) is 6.25. The summed E-state index contributed by atoms with van der Waals surface area (Å²) in [5.41, 5.74) is 9.66. The minimum atomic E-state index is 0.215. The van der Waals surface area contributed by atoms with Gasteiger partial charge in [0.1, 0.15) is 0 Å². The second kappa shape index (κ2) is 4.92. The predicted octanol–water partition coefficient (Wildman–Crippen LogP) is 2.70. The van der Waals surface area contributed by atoms with Crippen LogP contribution >= 0.6 is 11.6 Å². The maximum atomic E-state index is 6.13. The molecule has 1 heterocycles. The summed E-state index contributed by atoms with van der Waals surface area (Å²) >= 11 is 6.13. The van der Waals surface area contributed by atoms with E-state index >= 15 is 0 Å². The van der Waals surface area contributed by atoms with Crippen LogP contribution in [0.3, 0.4) is 0 Å². The fourth-order valence-corrected chi connectivity index (χ4v) is 2.75. The zero-order chi connectivity index (χ0) is 13.4. The Bertz CT molecular complexity index is 572. The third-order valence-electron chi connectivity index (χ3n) is 3.68. The summed E-state index contributed by atoms with van der Waals surface area (Å²) in [7, 11) is 6.19. The fraction of sp³-hybridized carbons (Fsp3) is 0.429. The molecule has 2 aromatic rings. The molecule has 0 aliphatic rings. The molecule has 4 heteroatoms. The number of aryl methyl sites for hydroxylation is 1. The van der Waals surface area contributed by atoms with Gasteiger partial charge in [-0.3, -0.25) is 0 Å². The lowest BCUT2D eigenvalue weighted by Crippen LogP contribution is -2.27. The Hall–Kier alpha value is -1.03. The zero-order valence-electron chi connectivity index (χ0n) is 11.4. The predicted molar refractivity (Wildman–Crippen MR) is 78.1 cm³/mol. The third-order valence-corrected chi connectivity index (χ3v) is 3.92. The SMILES string of the molecule is Cc1c(C(CN)N(C)C)c2cc(Cl)ccc2n1C. The van der Waals surface area contributed by atoms with E-state index in [1.54, 1.807) is 0 Å². The molecule has 0 aliphatic carbocycles. The first kappa shape index (κ1) is 13.4. The van der Waals surface area contributed by atoms with E-state index < -0.39 is 0 Å². The average molecular weight is 266 g/mol. The minimum absolute atomic E-state index is 0.215. The van der Waals surface area contributed by atoms with Crippen molar-refractivity contribution in [1.82, 2.24) is 9.47 Å². The average Bonchev–Trinajstić information content (AvgIpc) is 2.54. The van der Waals surface area contributed by atoms with E-state index in [-0.39, 0.29) is 6.04 Å². The normalized spacial score (nSPS) is 13.5. The van der Waals surface area contributed by atoms with Crippen LogP contribution in [0.1, 0.15) is 17.3 Å². The van der Waals surface area contributed by atoms with Gasteiger partial charge in [-0.15, -0.1) is 0 Å². The van der Waals surface area contributed by atoms with Crippen molar-refractivity contribution in [3.8, 4) is 0 Å². The minimum Gasteiger partial charge on any atom is -0.348 e. The van der Waals surface area contributed by atoms with E-state index in [2.05, 4.69) is 43.6 Å². The van der Waals surface area contributed by atoms with Crippen LogP contribution in [0.2, 0.25) is 5.02 Å². The summed E-state index contributed by atoms with van der Waals surface area (Å²) in [4.78, 5) is 2.16. The number of benzene rings is 1. The number of nitrogens with zero attached hydrogens (tertiary/aromatic N) is 2. The van der Waals surface area contributed by atoms with E-state index in [4.69, 9.17) is 17.3 Å². The van der Waals surface area contributed by atoms with Gasteiger partial charge in [-0.1, -0.05) is 11.6 Å². The lowest BCUT2D eigenvalue weighted by molar-refractivity contribution is 0.306. The van der Waals surface area contributed by atoms with Gasteiger partial charge in [-0.05, 0) is 44.8 Å². The zero-order valence-corrected chi connectivity index (χ0v) is 12.1. The van der Waals surface area contributed by atoms with Gasteiger partial charge in [0.05, 0.1) is 0 Å². The Kier molecular flexibility index (Phi) is 3.66. The number of hydrogen-bond acceptors (Lipinski definition) is 2. The molecule has 0 saturated heterocycles. The molecule has 0 fully saturated rings. The highest BCUT2D eigenvalue weighted by molar-refractivity contribution is 6.31. The Morgan fingerprint density at radius 2 is 2.06 bits per heavy atom. The summed E-state index contributed by atoms with van der Waals surface area (Å²) < 4.78 is 2.20. The van der Waals surface area contributed by atoms with Crippen molar-refractivity contribution in [2.75, 3.05) is 20.6 Å². The number of nitrogens with two attached hydrogens (primary N) is 1. The molecule has 0 aliphatic heterocycles. The molecule has 0 spiro atoms. The molecule has 18 heavy (non-hydrogen) atoms. The lowest BCUT2D eigenvalue weighted by atomic mass is 10.0. The molecule has 0 bridgehead atoms. The number of likely N-dealkylation sites (N-methyl/N-ethyl adjacent to an activating group) is 1. The van der Waals surface area contributed by atoms with Gasteiger partial charge in [0.2, 0.25) is 0 Å². The highest BCUT2D eigenvalue weighted by Crippen LogP contribution is 2.33. The standard InChI is InChI=1S/C14H20ClN3/c1-9-14(13(8-16)17(2)3)11-7-10(15)5-6-12(11)18(9)4/h5-7,13H,8,16H2,1-4H3. The molecular formula is C14H20ClN3. The van der Waals surface area contributed by atoms with Gasteiger partial charge in [-0.2, -0.15) is 0 Å². The van der Waals surface area contributed by atoms with Crippen LogP contribution < -0.4 is 5.73 Å². The number of hydrogen-bond donors (Lipinski definition) is 1. The van der Waals surface area contributed by atoms with E-state index in [0.717, 1.165) is 5.02 Å². The second-order valence-corrected chi connectivity index (χ2v) is 5.37. The first-order chi connectivity index (χ1) is 8.47. The first-order valence-electron chi connectivity index (χ1n) is 6.08. The van der Waals surface area contributed by atoms with Gasteiger partial charge >= 0.3 is 0 Å². The van der Waals surface area contributed by atoms with Crippen LogP contribution in [0, 0.1) is 6.92 Å². The van der Waals surface area contributed by atoms with E-state index in [9.17, 15) is 0 Å². The van der Waals surface area contributed by atoms with Crippen LogP contribution in [-0.2, 0) is 7.05 Å². The number of fused-ring (bicyclic) bond motifs is 1. The molecule has 1 aromatic heterocycles. The van der Waals surface area contributed by atoms with E-state index in [0.29, 0.717) is 6.54 Å². The molecule has 0 saturated carbocycles. The van der Waals surface area contributed by atoms with Crippen LogP contribution in [0.5, 0.6) is 0 Å². The summed E-state index contributed by atoms with van der Waals surface area (Å²) in [6.07, 6.45) is 0. The first-order valence-corrected chi connectivity index (χ1v) is 6.46. The maximum Gasteiger partial charge on any atom is 0.0488 e. The summed E-state index contributed by atoms with van der Waals surface area (Å²) in [5, 5.41) is 1.97. The van der Waals surface area contributed by atoms with Gasteiger partial charge in [0, 0.05) is 41.3 Å². The van der Waals surface area contributed by atoms with Gasteiger partial charge in [-0.25, -0.2) is 0 Å². The molecule has 0 radical (unpaired) electrons. The molecule has 0 amide bonds. The van der Waals surface area contributed by atoms with Crippen molar-refractivity contribution in [2.24, 2.45) is 12.8 Å². The molecule has 3 nitrogen and oxygen atoms in total. The molecule has 2 rings (SSSR count). The Morgan fingerprint density at radius 3 is 2.61 bits per heavy atom. The second-order valence-electron chi connectivity index (χ2n) is 4.93. The molecule has 98 valence electrons. The van der Waals surface area contributed by atoms with Crippen LogP contribution in [-0.4, -0.2) is 30.1 Å². The number of aromatic nitrogens is 1. The topological polar surface area (TPSA) is 34.2 Å². The maximum absolute atomic E-state index is 6.13. The quantitative estimate of drug-likeness (QED) is 0.926. The van der Waals surface area contributed by atoms with Gasteiger partial charge < -0.3 is 15.2 Å². The van der Waals surface area contributed by atoms with Crippen molar-refractivity contribution in [3.05, 3.63) is 34.5 Å². The summed E-state index contributed by atoms with van der Waals surface area (Å²) in [5.74, 6) is 0. The molecule has 1 aromatic carbocycles. The van der Waals surface area contributed by atoms with E-state index in [1.165, 1.54) is 22.2 Å². The Labute approximate surface area is 113 Å². The summed E-state index contributed by atoms with van der Waals surface area (Å²) in [6.45, 7) is 2.73. The third kappa shape index (κ3) is 2.03. The fourth-order valence-electron chi connectivity index (χ4n) is 2.58. The van der Waals surface area contributed by atoms with Crippen LogP contribution in [0.15, 0.2) is 18.2 Å². The number of halogens is 1. The van der Waals surface area contributed by atoms with Gasteiger partial charge in [0.25, 0.3) is 0 Å². The molecule has 1 atom stereocenters. The highest BCUT2D eigenvalue weighted by atomic mass is 35.5. The number of rotatable bonds is 3. The smallest absolute Gasteiger partial charge is 0.0488 e. The van der Waals surface area contributed by atoms with Crippen molar-refractivity contribution < 1.29 is 0 Å². The molecule has 1 unspecified atom stereocenters. The molecule has 2 N–H and O–H groups in total. The Morgan fingerprint density at radius 1 is 1.39 bits per heavy atom. The monoisotopic (exact) mass is 265 g/mol. The van der Waals surface area contributed by atoms with Crippen molar-refractivity contribution in [1.29, 1.82) is 0 Å². The van der Waals surface area contributed by atoms with E-state index in [1.807, 2.05) is 12.1 Å². The van der Waals surface area contributed by atoms with Crippen molar-refractivity contribution in [2.45, 2.75) is 13.0 Å². The van der Waals surface area contributed by atoms with Crippen LogP contribution in [0.4, 0.5) is 0 Å². The van der Waals surface area contributed by atoms with Gasteiger partial charge in [0.15, 0.2) is 0 Å². The Balaban J connectivity index is 2.76. The van der Waals surface area contributed by atoms with Crippen LogP contribution in [0.25, 0.3) is 10.9 Å². The van der Waals surface area contributed by atoms with Crippen molar-refractivity contribution >= 4 is 22.5 Å². The largest absolute Gasteiger partial charge is 0.348 e.